The van der Waals surface area contributed by atoms with Crippen molar-refractivity contribution in [3.8, 4) is 0 Å². The van der Waals surface area contributed by atoms with Crippen LogP contribution in [0.15, 0.2) is 22.7 Å². The van der Waals surface area contributed by atoms with Crippen LogP contribution in [0.3, 0.4) is 0 Å². The van der Waals surface area contributed by atoms with Gasteiger partial charge in [0, 0.05) is 15.7 Å². The van der Waals surface area contributed by atoms with Crippen LogP contribution in [0.4, 0.5) is 5.69 Å². The van der Waals surface area contributed by atoms with Crippen molar-refractivity contribution in [1.82, 2.24) is 0 Å². The maximum absolute atomic E-state index is 11.4. The number of aliphatic carboxylic acids is 1. The number of halogens is 1. The minimum absolute atomic E-state index is 0.380. The summed E-state index contributed by atoms with van der Waals surface area (Å²) < 4.78 is 0.568. The molecule has 0 spiro atoms. The minimum atomic E-state index is -0.970. The van der Waals surface area contributed by atoms with E-state index < -0.39 is 22.8 Å². The van der Waals surface area contributed by atoms with Crippen molar-refractivity contribution in [2.24, 2.45) is 11.1 Å². The first-order valence-corrected chi connectivity index (χ1v) is 6.89. The SMILES string of the molecule is CC(C)(Nc1ccc(C(N)=O)c(Br)c1)C(C)(C)C(=O)O. The summed E-state index contributed by atoms with van der Waals surface area (Å²) in [4.78, 5) is 22.5. The van der Waals surface area contributed by atoms with Gasteiger partial charge in [0.15, 0.2) is 0 Å². The van der Waals surface area contributed by atoms with E-state index in [0.29, 0.717) is 15.7 Å². The number of carboxylic acid groups (broad SMARTS) is 1. The van der Waals surface area contributed by atoms with Crippen molar-refractivity contribution in [1.29, 1.82) is 0 Å². The number of carbonyl (C=O) groups excluding carboxylic acids is 1. The summed E-state index contributed by atoms with van der Waals surface area (Å²) in [5, 5.41) is 12.5. The van der Waals surface area contributed by atoms with Crippen LogP contribution in [0, 0.1) is 5.41 Å². The Hall–Kier alpha value is -1.56. The van der Waals surface area contributed by atoms with Gasteiger partial charge in [-0.15, -0.1) is 0 Å². The number of amides is 1. The highest BCUT2D eigenvalue weighted by Gasteiger charge is 2.43. The van der Waals surface area contributed by atoms with Gasteiger partial charge >= 0.3 is 5.97 Å². The summed E-state index contributed by atoms with van der Waals surface area (Å²) >= 11 is 3.28. The first kappa shape index (κ1) is 16.5. The highest BCUT2D eigenvalue weighted by molar-refractivity contribution is 9.10. The van der Waals surface area contributed by atoms with E-state index in [1.807, 2.05) is 13.8 Å². The fourth-order valence-electron chi connectivity index (χ4n) is 1.58. The second-order valence-electron chi connectivity index (χ2n) is 5.74. The Morgan fingerprint density at radius 2 is 1.80 bits per heavy atom. The maximum atomic E-state index is 11.4. The molecule has 0 heterocycles. The fourth-order valence-corrected chi connectivity index (χ4v) is 2.15. The first-order chi connectivity index (χ1) is 8.99. The molecule has 0 fully saturated rings. The fraction of sp³-hybridized carbons (Fsp3) is 0.429. The molecule has 0 aromatic heterocycles. The van der Waals surface area contributed by atoms with Gasteiger partial charge in [0.1, 0.15) is 0 Å². The van der Waals surface area contributed by atoms with Crippen molar-refractivity contribution in [2.75, 3.05) is 5.32 Å². The first-order valence-electron chi connectivity index (χ1n) is 6.10. The number of hydrogen-bond acceptors (Lipinski definition) is 3. The van der Waals surface area contributed by atoms with Gasteiger partial charge in [-0.1, -0.05) is 0 Å². The molecular formula is C14H19BrN2O3. The molecule has 0 bridgehead atoms. The number of anilines is 1. The van der Waals surface area contributed by atoms with Crippen LogP contribution >= 0.6 is 15.9 Å². The van der Waals surface area contributed by atoms with Crippen molar-refractivity contribution in [3.05, 3.63) is 28.2 Å². The van der Waals surface area contributed by atoms with Gasteiger partial charge in [-0.05, 0) is 61.8 Å². The van der Waals surface area contributed by atoms with Crippen LogP contribution in [0.1, 0.15) is 38.1 Å². The maximum Gasteiger partial charge on any atom is 0.311 e. The highest BCUT2D eigenvalue weighted by atomic mass is 79.9. The summed E-state index contributed by atoms with van der Waals surface area (Å²) in [5.74, 6) is -1.41. The summed E-state index contributed by atoms with van der Waals surface area (Å²) in [6, 6.07) is 5.00. The van der Waals surface area contributed by atoms with Crippen LogP contribution in [0.2, 0.25) is 0 Å². The molecule has 0 saturated heterocycles. The Morgan fingerprint density at radius 3 is 2.20 bits per heavy atom. The normalized spacial score (nSPS) is 12.1. The summed E-state index contributed by atoms with van der Waals surface area (Å²) in [5.41, 5.74) is 4.67. The second kappa shape index (κ2) is 5.44. The van der Waals surface area contributed by atoms with E-state index in [-0.39, 0.29) is 0 Å². The zero-order valence-electron chi connectivity index (χ0n) is 12.0. The molecule has 0 aliphatic rings. The zero-order valence-corrected chi connectivity index (χ0v) is 13.5. The lowest BCUT2D eigenvalue weighted by molar-refractivity contribution is -0.149. The molecule has 4 N–H and O–H groups in total. The number of nitrogens with two attached hydrogens (primary N) is 1. The van der Waals surface area contributed by atoms with Crippen LogP contribution in [0.5, 0.6) is 0 Å². The van der Waals surface area contributed by atoms with E-state index in [2.05, 4.69) is 21.2 Å². The number of primary amides is 1. The standard InChI is InChI=1S/C14H19BrN2O3/c1-13(2,12(19)20)14(3,4)17-8-5-6-9(11(16)18)10(15)7-8/h5-7,17H,1-4H3,(H2,16,18)(H,19,20). The molecule has 20 heavy (non-hydrogen) atoms. The van der Waals surface area contributed by atoms with Crippen LogP contribution < -0.4 is 11.1 Å². The van der Waals surface area contributed by atoms with Gasteiger partial charge < -0.3 is 16.2 Å². The molecule has 0 aliphatic carbocycles. The topological polar surface area (TPSA) is 92.4 Å². The lowest BCUT2D eigenvalue weighted by atomic mass is 9.74. The third kappa shape index (κ3) is 3.12. The number of carbonyl (C=O) groups is 2. The third-order valence-electron chi connectivity index (χ3n) is 3.79. The number of hydrogen-bond donors (Lipinski definition) is 3. The largest absolute Gasteiger partial charge is 0.481 e. The number of nitrogens with one attached hydrogen (secondary N) is 1. The van der Waals surface area contributed by atoms with Crippen LogP contribution in [-0.4, -0.2) is 22.5 Å². The van der Waals surface area contributed by atoms with E-state index in [1.165, 1.54) is 0 Å². The monoisotopic (exact) mass is 342 g/mol. The van der Waals surface area contributed by atoms with Gasteiger partial charge in [0.05, 0.1) is 11.0 Å². The third-order valence-corrected chi connectivity index (χ3v) is 4.44. The summed E-state index contributed by atoms with van der Waals surface area (Å²) in [6.07, 6.45) is 0. The van der Waals surface area contributed by atoms with E-state index in [9.17, 15) is 14.7 Å². The molecule has 0 aliphatic heterocycles. The van der Waals surface area contributed by atoms with E-state index >= 15 is 0 Å². The number of benzene rings is 1. The Kier molecular flexibility index (Phi) is 4.49. The van der Waals surface area contributed by atoms with Gasteiger partial charge in [0.2, 0.25) is 5.91 Å². The molecule has 0 unspecified atom stereocenters. The predicted octanol–water partition coefficient (Wildman–Crippen LogP) is 2.85. The number of carboxylic acids is 1. The molecule has 6 heteroatoms. The molecule has 1 amide bonds. The van der Waals surface area contributed by atoms with Crippen molar-refractivity contribution < 1.29 is 14.7 Å². The van der Waals surface area contributed by atoms with Crippen LogP contribution in [0.25, 0.3) is 0 Å². The average Bonchev–Trinajstić information content (AvgIpc) is 2.27. The summed E-state index contributed by atoms with van der Waals surface area (Å²) in [7, 11) is 0. The number of rotatable bonds is 5. The smallest absolute Gasteiger partial charge is 0.311 e. The second-order valence-corrected chi connectivity index (χ2v) is 6.59. The zero-order chi connectivity index (χ0) is 15.7. The van der Waals surface area contributed by atoms with Gasteiger partial charge in [-0.25, -0.2) is 0 Å². The minimum Gasteiger partial charge on any atom is -0.481 e. The molecule has 5 nitrogen and oxygen atoms in total. The average molecular weight is 343 g/mol. The van der Waals surface area contributed by atoms with Crippen LogP contribution in [-0.2, 0) is 4.79 Å². The van der Waals surface area contributed by atoms with E-state index in [0.717, 1.165) is 0 Å². The Balaban J connectivity index is 3.08. The molecular weight excluding hydrogens is 324 g/mol. The Bertz CT molecular complexity index is 553. The van der Waals surface area contributed by atoms with Crippen molar-refractivity contribution in [2.45, 2.75) is 33.2 Å². The van der Waals surface area contributed by atoms with Gasteiger partial charge in [0.25, 0.3) is 0 Å². The Labute approximate surface area is 126 Å². The van der Waals surface area contributed by atoms with Crippen molar-refractivity contribution >= 4 is 33.5 Å². The molecule has 1 rings (SSSR count). The lowest BCUT2D eigenvalue weighted by Gasteiger charge is -2.39. The van der Waals surface area contributed by atoms with Gasteiger partial charge in [-0.3, -0.25) is 9.59 Å². The van der Waals surface area contributed by atoms with E-state index in [1.54, 1.807) is 32.0 Å². The van der Waals surface area contributed by atoms with Crippen molar-refractivity contribution in [3.63, 3.8) is 0 Å². The highest BCUT2D eigenvalue weighted by Crippen LogP contribution is 2.34. The quantitative estimate of drug-likeness (QED) is 0.766. The molecule has 1 aromatic rings. The molecule has 0 atom stereocenters. The molecule has 0 radical (unpaired) electrons. The van der Waals surface area contributed by atoms with E-state index in [4.69, 9.17) is 5.73 Å². The predicted molar refractivity (Wildman–Crippen MR) is 81.8 cm³/mol. The van der Waals surface area contributed by atoms with Gasteiger partial charge in [-0.2, -0.15) is 0 Å². The summed E-state index contributed by atoms with van der Waals surface area (Å²) in [6.45, 7) is 6.96. The molecule has 110 valence electrons. The lowest BCUT2D eigenvalue weighted by Crippen LogP contribution is -2.50. The molecule has 0 saturated carbocycles. The molecule has 1 aromatic carbocycles. The Morgan fingerprint density at radius 1 is 1.25 bits per heavy atom.